The van der Waals surface area contributed by atoms with E-state index in [0.717, 1.165) is 16.6 Å². The van der Waals surface area contributed by atoms with E-state index in [1.165, 1.54) is 29.5 Å². The highest BCUT2D eigenvalue weighted by molar-refractivity contribution is 7.99. The zero-order valence-electron chi connectivity index (χ0n) is 12.0. The summed E-state index contributed by atoms with van der Waals surface area (Å²) in [4.78, 5) is 23.2. The summed E-state index contributed by atoms with van der Waals surface area (Å²) in [7, 11) is 0. The summed E-state index contributed by atoms with van der Waals surface area (Å²) in [5.41, 5.74) is -0.00785. The standard InChI is InChI=1S/C14H10N4O4S2/c19-12(15-9-4-1-2-5-10(9)18(20)21)8-24-14-17-16-13(22-14)11-6-3-7-23-11/h1-7H,8H2,(H,15,19). The van der Waals surface area contributed by atoms with E-state index in [-0.39, 0.29) is 22.4 Å². The van der Waals surface area contributed by atoms with Gasteiger partial charge in [-0.3, -0.25) is 14.9 Å². The molecule has 0 aliphatic carbocycles. The number of thiophene rings is 1. The Labute approximate surface area is 144 Å². The molecule has 2 heterocycles. The second-order valence-electron chi connectivity index (χ2n) is 4.46. The van der Waals surface area contributed by atoms with Crippen LogP contribution in [0.15, 0.2) is 51.4 Å². The number of nitro groups is 1. The van der Waals surface area contributed by atoms with Crippen LogP contribution in [0.25, 0.3) is 10.8 Å². The second-order valence-corrected chi connectivity index (χ2v) is 6.34. The van der Waals surface area contributed by atoms with Crippen molar-refractivity contribution in [3.8, 4) is 10.8 Å². The highest BCUT2D eigenvalue weighted by atomic mass is 32.2. The van der Waals surface area contributed by atoms with E-state index in [1.807, 2.05) is 17.5 Å². The average molecular weight is 362 g/mol. The van der Waals surface area contributed by atoms with Crippen molar-refractivity contribution in [3.05, 3.63) is 51.9 Å². The molecule has 0 fully saturated rings. The van der Waals surface area contributed by atoms with Gasteiger partial charge >= 0.3 is 0 Å². The summed E-state index contributed by atoms with van der Waals surface area (Å²) >= 11 is 2.53. The van der Waals surface area contributed by atoms with Crippen LogP contribution in [0.5, 0.6) is 0 Å². The third-order valence-electron chi connectivity index (χ3n) is 2.84. The van der Waals surface area contributed by atoms with Gasteiger partial charge in [0.1, 0.15) is 5.69 Å². The minimum Gasteiger partial charge on any atom is -0.410 e. The summed E-state index contributed by atoms with van der Waals surface area (Å²) in [6.45, 7) is 0. The van der Waals surface area contributed by atoms with Crippen LogP contribution in [0.4, 0.5) is 11.4 Å². The molecule has 24 heavy (non-hydrogen) atoms. The van der Waals surface area contributed by atoms with Crippen molar-refractivity contribution in [2.75, 3.05) is 11.1 Å². The molecule has 3 aromatic rings. The fourth-order valence-electron chi connectivity index (χ4n) is 1.82. The largest absolute Gasteiger partial charge is 0.410 e. The quantitative estimate of drug-likeness (QED) is 0.406. The number of benzene rings is 1. The summed E-state index contributed by atoms with van der Waals surface area (Å²) < 4.78 is 5.45. The summed E-state index contributed by atoms with van der Waals surface area (Å²) in [6.07, 6.45) is 0. The van der Waals surface area contributed by atoms with Gasteiger partial charge in [-0.25, -0.2) is 0 Å². The van der Waals surface area contributed by atoms with Gasteiger partial charge in [0.25, 0.3) is 16.8 Å². The van der Waals surface area contributed by atoms with Crippen molar-refractivity contribution >= 4 is 40.4 Å². The van der Waals surface area contributed by atoms with Crippen LogP contribution in [0.1, 0.15) is 0 Å². The highest BCUT2D eigenvalue weighted by Crippen LogP contribution is 2.27. The fourth-order valence-corrected chi connectivity index (χ4v) is 3.03. The molecule has 0 saturated heterocycles. The first kappa shape index (κ1) is 16.1. The lowest BCUT2D eigenvalue weighted by Gasteiger charge is -2.04. The third kappa shape index (κ3) is 3.78. The number of aromatic nitrogens is 2. The summed E-state index contributed by atoms with van der Waals surface area (Å²) in [5, 5.41) is 23.3. The predicted molar refractivity (Wildman–Crippen MR) is 90.1 cm³/mol. The first-order valence-electron chi connectivity index (χ1n) is 6.67. The third-order valence-corrected chi connectivity index (χ3v) is 4.52. The molecular formula is C14H10N4O4S2. The number of nitrogens with one attached hydrogen (secondary N) is 1. The van der Waals surface area contributed by atoms with Crippen molar-refractivity contribution in [2.45, 2.75) is 5.22 Å². The minimum atomic E-state index is -0.548. The SMILES string of the molecule is O=C(CSc1nnc(-c2cccs2)o1)Nc1ccccc1[N+](=O)[O-]. The van der Waals surface area contributed by atoms with Crippen molar-refractivity contribution in [3.63, 3.8) is 0 Å². The molecule has 0 unspecified atom stereocenters. The molecule has 0 spiro atoms. The topological polar surface area (TPSA) is 111 Å². The average Bonchev–Trinajstić information content (AvgIpc) is 3.24. The van der Waals surface area contributed by atoms with E-state index in [1.54, 1.807) is 6.07 Å². The molecule has 1 aromatic carbocycles. The number of rotatable bonds is 6. The number of hydrogen-bond acceptors (Lipinski definition) is 8. The number of thioether (sulfide) groups is 1. The molecular weight excluding hydrogens is 352 g/mol. The maximum Gasteiger partial charge on any atom is 0.292 e. The molecule has 2 aromatic heterocycles. The first-order chi connectivity index (χ1) is 11.6. The van der Waals surface area contributed by atoms with Gasteiger partial charge in [0.15, 0.2) is 0 Å². The molecule has 0 bridgehead atoms. The Balaban J connectivity index is 1.59. The summed E-state index contributed by atoms with van der Waals surface area (Å²) in [6, 6.07) is 9.68. The molecule has 122 valence electrons. The Morgan fingerprint density at radius 2 is 2.12 bits per heavy atom. The Morgan fingerprint density at radius 1 is 1.29 bits per heavy atom. The van der Waals surface area contributed by atoms with E-state index in [0.29, 0.717) is 5.89 Å². The van der Waals surface area contributed by atoms with Gasteiger partial charge in [0.2, 0.25) is 5.91 Å². The Kier molecular flexibility index (Phi) is 4.87. The molecule has 8 nitrogen and oxygen atoms in total. The lowest BCUT2D eigenvalue weighted by Crippen LogP contribution is -2.15. The first-order valence-corrected chi connectivity index (χ1v) is 8.53. The Morgan fingerprint density at radius 3 is 2.88 bits per heavy atom. The van der Waals surface area contributed by atoms with Crippen molar-refractivity contribution in [1.82, 2.24) is 10.2 Å². The number of hydrogen-bond donors (Lipinski definition) is 1. The summed E-state index contributed by atoms with van der Waals surface area (Å²) in [5.74, 6) is -0.00485. The molecule has 0 aliphatic rings. The maximum absolute atomic E-state index is 12.0. The van der Waals surface area contributed by atoms with E-state index in [4.69, 9.17) is 4.42 Å². The van der Waals surface area contributed by atoms with Crippen LogP contribution in [-0.2, 0) is 4.79 Å². The number of para-hydroxylation sites is 2. The number of nitrogens with zero attached hydrogens (tertiary/aromatic N) is 3. The van der Waals surface area contributed by atoms with Crippen molar-refractivity contribution in [1.29, 1.82) is 0 Å². The van der Waals surface area contributed by atoms with Crippen LogP contribution in [0, 0.1) is 10.1 Å². The number of anilines is 1. The maximum atomic E-state index is 12.0. The van der Waals surface area contributed by atoms with Gasteiger partial charge in [0, 0.05) is 6.07 Å². The number of carbonyl (C=O) groups excluding carboxylic acids is 1. The van der Waals surface area contributed by atoms with Gasteiger partial charge in [-0.1, -0.05) is 30.0 Å². The molecule has 0 atom stereocenters. The van der Waals surface area contributed by atoms with Gasteiger partial charge in [-0.2, -0.15) is 0 Å². The van der Waals surface area contributed by atoms with Crippen LogP contribution in [0.3, 0.4) is 0 Å². The molecule has 1 N–H and O–H groups in total. The fraction of sp³-hybridized carbons (Fsp3) is 0.0714. The van der Waals surface area contributed by atoms with Crippen LogP contribution >= 0.6 is 23.1 Å². The van der Waals surface area contributed by atoms with Gasteiger partial charge in [-0.15, -0.1) is 21.5 Å². The molecule has 10 heteroatoms. The molecule has 0 radical (unpaired) electrons. The van der Waals surface area contributed by atoms with E-state index >= 15 is 0 Å². The van der Waals surface area contributed by atoms with E-state index < -0.39 is 10.8 Å². The van der Waals surface area contributed by atoms with E-state index in [9.17, 15) is 14.9 Å². The Bertz CT molecular complexity index is 863. The second kappa shape index (κ2) is 7.23. The highest BCUT2D eigenvalue weighted by Gasteiger charge is 2.16. The molecule has 0 saturated carbocycles. The number of nitro benzene ring substituents is 1. The lowest BCUT2D eigenvalue weighted by atomic mass is 10.2. The van der Waals surface area contributed by atoms with Gasteiger partial charge in [0.05, 0.1) is 15.6 Å². The zero-order chi connectivity index (χ0) is 16.9. The lowest BCUT2D eigenvalue weighted by molar-refractivity contribution is -0.383. The Hall–Kier alpha value is -2.72. The zero-order valence-corrected chi connectivity index (χ0v) is 13.7. The normalized spacial score (nSPS) is 10.5. The van der Waals surface area contributed by atoms with Gasteiger partial charge < -0.3 is 9.73 Å². The van der Waals surface area contributed by atoms with E-state index in [2.05, 4.69) is 15.5 Å². The van der Waals surface area contributed by atoms with Gasteiger partial charge in [-0.05, 0) is 17.5 Å². The number of carbonyl (C=O) groups is 1. The molecule has 0 aliphatic heterocycles. The van der Waals surface area contributed by atoms with Crippen molar-refractivity contribution < 1.29 is 14.1 Å². The van der Waals surface area contributed by atoms with Crippen LogP contribution in [-0.4, -0.2) is 26.8 Å². The van der Waals surface area contributed by atoms with Crippen LogP contribution < -0.4 is 5.32 Å². The van der Waals surface area contributed by atoms with Crippen molar-refractivity contribution in [2.24, 2.45) is 0 Å². The molecule has 3 rings (SSSR count). The molecule has 1 amide bonds. The monoisotopic (exact) mass is 362 g/mol. The smallest absolute Gasteiger partial charge is 0.292 e. The minimum absolute atomic E-state index is 0.00186. The van der Waals surface area contributed by atoms with Crippen LogP contribution in [0.2, 0.25) is 0 Å². The predicted octanol–water partition coefficient (Wildman–Crippen LogP) is 3.44. The number of amides is 1.